The first-order valence-corrected chi connectivity index (χ1v) is 4.88. The van der Waals surface area contributed by atoms with E-state index in [1.165, 1.54) is 12.3 Å². The summed E-state index contributed by atoms with van der Waals surface area (Å²) < 4.78 is 14.6. The predicted molar refractivity (Wildman–Crippen MR) is 58.4 cm³/mol. The Morgan fingerprint density at radius 2 is 2.00 bits per heavy atom. The summed E-state index contributed by atoms with van der Waals surface area (Å²) in [4.78, 5) is 7.90. The number of nitrogens with zero attached hydrogens (tertiary/aromatic N) is 3. The summed E-state index contributed by atoms with van der Waals surface area (Å²) in [6.45, 7) is 0. The molecule has 3 heterocycles. The van der Waals surface area contributed by atoms with Gasteiger partial charge >= 0.3 is 0 Å². The Balaban J connectivity index is 2.25. The van der Waals surface area contributed by atoms with Crippen LogP contribution in [0.5, 0.6) is 0 Å². The molecule has 0 aliphatic heterocycles. The molecule has 0 saturated carbocycles. The lowest BCUT2D eigenvalue weighted by molar-refractivity contribution is 0.584. The van der Waals surface area contributed by atoms with E-state index in [9.17, 15) is 4.39 Å². The number of pyridine rings is 2. The molecule has 3 aromatic rings. The molecule has 16 heavy (non-hydrogen) atoms. The number of halogens is 1. The second-order valence-electron chi connectivity index (χ2n) is 3.45. The lowest BCUT2D eigenvalue weighted by Gasteiger charge is -2.02. The average Bonchev–Trinajstić information content (AvgIpc) is 2.78. The van der Waals surface area contributed by atoms with Crippen LogP contribution < -0.4 is 0 Å². The van der Waals surface area contributed by atoms with Crippen molar-refractivity contribution >= 4 is 5.65 Å². The van der Waals surface area contributed by atoms with Crippen LogP contribution in [0, 0.1) is 5.95 Å². The van der Waals surface area contributed by atoms with E-state index < -0.39 is 5.95 Å². The van der Waals surface area contributed by atoms with Crippen molar-refractivity contribution in [1.29, 1.82) is 0 Å². The number of imidazole rings is 1. The van der Waals surface area contributed by atoms with Gasteiger partial charge < -0.3 is 4.40 Å². The second-order valence-corrected chi connectivity index (χ2v) is 3.45. The normalized spacial score (nSPS) is 10.8. The van der Waals surface area contributed by atoms with E-state index >= 15 is 0 Å². The lowest BCUT2D eigenvalue weighted by Crippen LogP contribution is -1.88. The molecule has 0 unspecified atom stereocenters. The quantitative estimate of drug-likeness (QED) is 0.581. The number of rotatable bonds is 1. The van der Waals surface area contributed by atoms with Crippen LogP contribution in [-0.4, -0.2) is 14.4 Å². The molecule has 0 saturated heterocycles. The monoisotopic (exact) mass is 213 g/mol. The van der Waals surface area contributed by atoms with Gasteiger partial charge in [-0.2, -0.15) is 4.39 Å². The first-order valence-electron chi connectivity index (χ1n) is 4.88. The summed E-state index contributed by atoms with van der Waals surface area (Å²) in [5.41, 5.74) is 2.65. The minimum Gasteiger partial charge on any atom is -0.307 e. The fourth-order valence-electron chi connectivity index (χ4n) is 1.71. The van der Waals surface area contributed by atoms with Gasteiger partial charge in [-0.25, -0.2) is 9.97 Å². The average molecular weight is 213 g/mol. The molecule has 0 atom stereocenters. The van der Waals surface area contributed by atoms with Gasteiger partial charge in [-0.3, -0.25) is 0 Å². The van der Waals surface area contributed by atoms with Crippen molar-refractivity contribution in [1.82, 2.24) is 14.4 Å². The third kappa shape index (κ3) is 1.35. The van der Waals surface area contributed by atoms with Gasteiger partial charge in [0, 0.05) is 35.9 Å². The van der Waals surface area contributed by atoms with Crippen molar-refractivity contribution in [2.45, 2.75) is 0 Å². The SMILES string of the molecule is Fc1ccc(-c2cccn3ccnc23)cn1. The Morgan fingerprint density at radius 3 is 2.81 bits per heavy atom. The summed E-state index contributed by atoms with van der Waals surface area (Å²) in [6, 6.07) is 6.92. The van der Waals surface area contributed by atoms with Crippen LogP contribution in [0.1, 0.15) is 0 Å². The maximum Gasteiger partial charge on any atom is 0.212 e. The highest BCUT2D eigenvalue weighted by molar-refractivity contribution is 5.76. The lowest BCUT2D eigenvalue weighted by atomic mass is 10.1. The van der Waals surface area contributed by atoms with Crippen LogP contribution in [0.15, 0.2) is 49.1 Å². The van der Waals surface area contributed by atoms with E-state index in [1.807, 2.05) is 28.9 Å². The highest BCUT2D eigenvalue weighted by atomic mass is 19.1. The van der Waals surface area contributed by atoms with E-state index in [2.05, 4.69) is 9.97 Å². The van der Waals surface area contributed by atoms with Gasteiger partial charge in [-0.05, 0) is 24.3 Å². The molecule has 4 heteroatoms. The molecule has 3 nitrogen and oxygen atoms in total. The van der Waals surface area contributed by atoms with Crippen molar-refractivity contribution in [2.75, 3.05) is 0 Å². The fourth-order valence-corrected chi connectivity index (χ4v) is 1.71. The highest BCUT2D eigenvalue weighted by Crippen LogP contribution is 2.22. The maximum absolute atomic E-state index is 12.7. The number of aromatic nitrogens is 3. The van der Waals surface area contributed by atoms with Crippen LogP contribution in [0.2, 0.25) is 0 Å². The number of fused-ring (bicyclic) bond motifs is 1. The Labute approximate surface area is 91.2 Å². The molecule has 0 N–H and O–H groups in total. The minimum atomic E-state index is -0.473. The zero-order chi connectivity index (χ0) is 11.0. The summed E-state index contributed by atoms with van der Waals surface area (Å²) >= 11 is 0. The third-order valence-corrected chi connectivity index (χ3v) is 2.46. The molecule has 0 bridgehead atoms. The van der Waals surface area contributed by atoms with Gasteiger partial charge in [0.05, 0.1) is 0 Å². The first-order chi connectivity index (χ1) is 7.84. The summed E-state index contributed by atoms with van der Waals surface area (Å²) in [7, 11) is 0. The largest absolute Gasteiger partial charge is 0.307 e. The smallest absolute Gasteiger partial charge is 0.212 e. The number of hydrogen-bond donors (Lipinski definition) is 0. The van der Waals surface area contributed by atoms with E-state index in [-0.39, 0.29) is 0 Å². The summed E-state index contributed by atoms with van der Waals surface area (Å²) in [6.07, 6.45) is 7.04. The third-order valence-electron chi connectivity index (χ3n) is 2.46. The van der Waals surface area contributed by atoms with Crippen molar-refractivity contribution < 1.29 is 4.39 Å². The molecule has 0 aliphatic rings. The van der Waals surface area contributed by atoms with Crippen LogP contribution in [-0.2, 0) is 0 Å². The standard InChI is InChI=1S/C12H8FN3/c13-11-4-3-9(8-15-11)10-2-1-6-16-7-5-14-12(10)16/h1-8H. The molecule has 0 aliphatic carbocycles. The van der Waals surface area contributed by atoms with Crippen LogP contribution in [0.4, 0.5) is 4.39 Å². The van der Waals surface area contributed by atoms with Gasteiger partial charge in [0.2, 0.25) is 5.95 Å². The molecule has 78 valence electrons. The van der Waals surface area contributed by atoms with Gasteiger partial charge in [0.25, 0.3) is 0 Å². The highest BCUT2D eigenvalue weighted by Gasteiger charge is 2.05. The molecule has 3 rings (SSSR count). The zero-order valence-corrected chi connectivity index (χ0v) is 8.34. The van der Waals surface area contributed by atoms with Gasteiger partial charge in [-0.1, -0.05) is 0 Å². The van der Waals surface area contributed by atoms with Gasteiger partial charge in [0.1, 0.15) is 5.65 Å². The molecule has 0 amide bonds. The Bertz CT molecular complexity index is 628. The topological polar surface area (TPSA) is 30.2 Å². The van der Waals surface area contributed by atoms with Gasteiger partial charge in [0.15, 0.2) is 0 Å². The van der Waals surface area contributed by atoms with Crippen molar-refractivity contribution in [3.8, 4) is 11.1 Å². The number of hydrogen-bond acceptors (Lipinski definition) is 2. The maximum atomic E-state index is 12.7. The molecule has 3 aromatic heterocycles. The molecular weight excluding hydrogens is 205 g/mol. The van der Waals surface area contributed by atoms with Crippen molar-refractivity contribution in [3.63, 3.8) is 0 Å². The minimum absolute atomic E-state index is 0.473. The van der Waals surface area contributed by atoms with Crippen molar-refractivity contribution in [2.24, 2.45) is 0 Å². The van der Waals surface area contributed by atoms with Gasteiger partial charge in [-0.15, -0.1) is 0 Å². The summed E-state index contributed by atoms with van der Waals surface area (Å²) in [5, 5.41) is 0. The van der Waals surface area contributed by atoms with E-state index in [0.717, 1.165) is 16.8 Å². The molecular formula is C12H8FN3. The zero-order valence-electron chi connectivity index (χ0n) is 8.34. The van der Waals surface area contributed by atoms with E-state index in [1.54, 1.807) is 12.3 Å². The first kappa shape index (κ1) is 9.03. The van der Waals surface area contributed by atoms with Crippen LogP contribution in [0.3, 0.4) is 0 Å². The van der Waals surface area contributed by atoms with Crippen LogP contribution >= 0.6 is 0 Å². The fraction of sp³-hybridized carbons (Fsp3) is 0. The van der Waals surface area contributed by atoms with Crippen LogP contribution in [0.25, 0.3) is 16.8 Å². The molecule has 0 aromatic carbocycles. The second kappa shape index (κ2) is 3.41. The van der Waals surface area contributed by atoms with E-state index in [0.29, 0.717) is 0 Å². The predicted octanol–water partition coefficient (Wildman–Crippen LogP) is 2.54. The Hall–Kier alpha value is -2.23. The van der Waals surface area contributed by atoms with E-state index in [4.69, 9.17) is 0 Å². The molecule has 0 spiro atoms. The Morgan fingerprint density at radius 1 is 1.06 bits per heavy atom. The summed E-state index contributed by atoms with van der Waals surface area (Å²) in [5.74, 6) is -0.473. The van der Waals surface area contributed by atoms with Crippen molar-refractivity contribution in [3.05, 3.63) is 55.0 Å². The Kier molecular flexibility index (Phi) is 1.93. The molecule has 0 fully saturated rings. The molecule has 0 radical (unpaired) electrons.